The Kier molecular flexibility index (Phi) is 3.14. The average Bonchev–Trinajstić information content (AvgIpc) is 2.73. The first kappa shape index (κ1) is 12.2. The van der Waals surface area contributed by atoms with Crippen LogP contribution in [0, 0.1) is 11.8 Å². The van der Waals surface area contributed by atoms with Crippen LogP contribution in [0.5, 0.6) is 0 Å². The zero-order chi connectivity index (χ0) is 12.6. The Hall–Kier alpha value is -0.890. The predicted octanol–water partition coefficient (Wildman–Crippen LogP) is 4.04. The number of hydrogen-bond donors (Lipinski definition) is 0. The van der Waals surface area contributed by atoms with Crippen molar-refractivity contribution in [3.63, 3.8) is 0 Å². The van der Waals surface area contributed by atoms with Gasteiger partial charge in [-0.2, -0.15) is 0 Å². The molecular formula is C16H23NO. The van der Waals surface area contributed by atoms with E-state index in [1.807, 2.05) is 6.20 Å². The quantitative estimate of drug-likeness (QED) is 0.784. The van der Waals surface area contributed by atoms with Crippen LogP contribution in [0.2, 0.25) is 0 Å². The predicted molar refractivity (Wildman–Crippen MR) is 72.1 cm³/mol. The van der Waals surface area contributed by atoms with Gasteiger partial charge in [-0.3, -0.25) is 4.98 Å². The number of aromatic nitrogens is 1. The Morgan fingerprint density at radius 3 is 3.17 bits per heavy atom. The summed E-state index contributed by atoms with van der Waals surface area (Å²) in [6.45, 7) is 5.43. The van der Waals surface area contributed by atoms with Crippen LogP contribution in [0.4, 0.5) is 0 Å². The minimum atomic E-state index is -0.00782. The minimum absolute atomic E-state index is 0.00782. The maximum Gasteiger partial charge on any atom is 0.0982 e. The second-order valence-electron chi connectivity index (χ2n) is 6.28. The summed E-state index contributed by atoms with van der Waals surface area (Å²) in [6, 6.07) is 2.13. The molecule has 1 fully saturated rings. The molecule has 0 N–H and O–H groups in total. The summed E-state index contributed by atoms with van der Waals surface area (Å²) < 4.78 is 6.33. The Balaban J connectivity index is 1.97. The monoisotopic (exact) mass is 245 g/mol. The lowest BCUT2D eigenvalue weighted by molar-refractivity contribution is -0.110. The summed E-state index contributed by atoms with van der Waals surface area (Å²) in [6.07, 6.45) is 10.4. The molecule has 1 aromatic heterocycles. The molecule has 1 spiro atoms. The van der Waals surface area contributed by atoms with Gasteiger partial charge in [-0.15, -0.1) is 0 Å². The molecule has 1 aliphatic heterocycles. The third-order valence-corrected chi connectivity index (χ3v) is 4.62. The van der Waals surface area contributed by atoms with Crippen molar-refractivity contribution in [2.24, 2.45) is 11.8 Å². The van der Waals surface area contributed by atoms with Crippen LogP contribution in [0.1, 0.15) is 57.1 Å². The van der Waals surface area contributed by atoms with Crippen LogP contribution in [-0.2, 0) is 16.9 Å². The zero-order valence-corrected chi connectivity index (χ0v) is 11.5. The van der Waals surface area contributed by atoms with E-state index in [9.17, 15) is 0 Å². The third kappa shape index (κ3) is 1.87. The molecule has 0 bridgehead atoms. The van der Waals surface area contributed by atoms with Gasteiger partial charge in [-0.25, -0.2) is 0 Å². The largest absolute Gasteiger partial charge is 0.365 e. The molecule has 0 saturated heterocycles. The topological polar surface area (TPSA) is 22.1 Å². The number of hydrogen-bond acceptors (Lipinski definition) is 2. The molecular weight excluding hydrogens is 222 g/mol. The van der Waals surface area contributed by atoms with Crippen molar-refractivity contribution in [2.75, 3.05) is 0 Å². The molecule has 2 heteroatoms. The highest BCUT2D eigenvalue weighted by molar-refractivity contribution is 5.34. The van der Waals surface area contributed by atoms with E-state index >= 15 is 0 Å². The number of fused-ring (bicyclic) bond motifs is 2. The van der Waals surface area contributed by atoms with Crippen LogP contribution in [0.15, 0.2) is 18.5 Å². The first-order chi connectivity index (χ1) is 8.72. The van der Waals surface area contributed by atoms with Gasteiger partial charge in [0.25, 0.3) is 0 Å². The molecule has 98 valence electrons. The normalized spacial score (nSPS) is 30.9. The molecule has 1 aliphatic carbocycles. The van der Waals surface area contributed by atoms with Gasteiger partial charge in [0.2, 0.25) is 0 Å². The first-order valence-electron chi connectivity index (χ1n) is 7.30. The molecule has 2 unspecified atom stereocenters. The first-order valence-corrected chi connectivity index (χ1v) is 7.30. The van der Waals surface area contributed by atoms with Crippen molar-refractivity contribution >= 4 is 0 Å². The second-order valence-corrected chi connectivity index (χ2v) is 6.28. The van der Waals surface area contributed by atoms with Gasteiger partial charge in [0.1, 0.15) is 0 Å². The average molecular weight is 245 g/mol. The van der Waals surface area contributed by atoms with E-state index in [0.29, 0.717) is 5.92 Å². The van der Waals surface area contributed by atoms with E-state index in [-0.39, 0.29) is 5.60 Å². The summed E-state index contributed by atoms with van der Waals surface area (Å²) in [5.74, 6) is 1.42. The van der Waals surface area contributed by atoms with Gasteiger partial charge in [0.15, 0.2) is 0 Å². The van der Waals surface area contributed by atoms with E-state index < -0.39 is 0 Å². The Bertz CT molecular complexity index is 425. The molecule has 0 aromatic carbocycles. The van der Waals surface area contributed by atoms with Gasteiger partial charge >= 0.3 is 0 Å². The van der Waals surface area contributed by atoms with E-state index in [1.54, 1.807) is 0 Å². The second kappa shape index (κ2) is 4.65. The van der Waals surface area contributed by atoms with Crippen LogP contribution in [0.25, 0.3) is 0 Å². The van der Waals surface area contributed by atoms with Gasteiger partial charge in [-0.05, 0) is 42.7 Å². The lowest BCUT2D eigenvalue weighted by Crippen LogP contribution is -2.38. The van der Waals surface area contributed by atoms with Gasteiger partial charge < -0.3 is 4.74 Å². The molecule has 0 amide bonds. The molecule has 2 atom stereocenters. The molecule has 2 nitrogen and oxygen atoms in total. The minimum Gasteiger partial charge on any atom is -0.365 e. The maximum atomic E-state index is 6.33. The lowest BCUT2D eigenvalue weighted by atomic mass is 9.69. The van der Waals surface area contributed by atoms with E-state index in [4.69, 9.17) is 4.74 Å². The van der Waals surface area contributed by atoms with Crippen LogP contribution in [0.3, 0.4) is 0 Å². The lowest BCUT2D eigenvalue weighted by Gasteiger charge is -2.42. The number of rotatable bonds is 2. The molecule has 0 radical (unpaired) electrons. The van der Waals surface area contributed by atoms with Crippen molar-refractivity contribution in [2.45, 2.75) is 58.2 Å². The van der Waals surface area contributed by atoms with E-state index in [1.165, 1.54) is 43.2 Å². The Morgan fingerprint density at radius 2 is 2.33 bits per heavy atom. The Morgan fingerprint density at radius 1 is 1.44 bits per heavy atom. The molecule has 18 heavy (non-hydrogen) atoms. The van der Waals surface area contributed by atoms with E-state index in [0.717, 1.165) is 12.5 Å². The van der Waals surface area contributed by atoms with E-state index in [2.05, 4.69) is 31.1 Å². The highest BCUT2D eigenvalue weighted by Gasteiger charge is 2.47. The smallest absolute Gasteiger partial charge is 0.0982 e. The van der Waals surface area contributed by atoms with Crippen molar-refractivity contribution in [1.29, 1.82) is 0 Å². The summed E-state index contributed by atoms with van der Waals surface area (Å²) >= 11 is 0. The molecule has 2 heterocycles. The molecule has 2 aliphatic rings. The summed E-state index contributed by atoms with van der Waals surface area (Å²) in [7, 11) is 0. The fraction of sp³-hybridized carbons (Fsp3) is 0.688. The van der Waals surface area contributed by atoms with Crippen LogP contribution in [-0.4, -0.2) is 4.98 Å². The number of pyridine rings is 1. The van der Waals surface area contributed by atoms with Crippen molar-refractivity contribution < 1.29 is 4.74 Å². The highest BCUT2D eigenvalue weighted by Crippen LogP contribution is 2.51. The van der Waals surface area contributed by atoms with Crippen molar-refractivity contribution in [3.05, 3.63) is 29.6 Å². The third-order valence-electron chi connectivity index (χ3n) is 4.62. The standard InChI is InChI=1S/C16H23NO/c1-12(2)9-14-5-3-4-7-16(14)15-10-17-8-6-13(15)11-18-16/h6,8,10,12,14H,3-5,7,9,11H2,1-2H3. The summed E-state index contributed by atoms with van der Waals surface area (Å²) in [5.41, 5.74) is 2.74. The Labute approximate surface area is 110 Å². The van der Waals surface area contributed by atoms with Gasteiger partial charge in [0, 0.05) is 18.0 Å². The number of nitrogens with zero attached hydrogens (tertiary/aromatic N) is 1. The zero-order valence-electron chi connectivity index (χ0n) is 11.5. The fourth-order valence-corrected chi connectivity index (χ4v) is 3.85. The molecule has 3 rings (SSSR count). The van der Waals surface area contributed by atoms with Crippen LogP contribution >= 0.6 is 0 Å². The van der Waals surface area contributed by atoms with Crippen molar-refractivity contribution in [3.8, 4) is 0 Å². The number of ether oxygens (including phenoxy) is 1. The molecule has 1 aromatic rings. The van der Waals surface area contributed by atoms with Crippen molar-refractivity contribution in [1.82, 2.24) is 4.98 Å². The van der Waals surface area contributed by atoms with Gasteiger partial charge in [0.05, 0.1) is 12.2 Å². The maximum absolute atomic E-state index is 6.33. The SMILES string of the molecule is CC(C)CC1CCCCC12OCc1ccncc12. The van der Waals surface area contributed by atoms with Gasteiger partial charge in [-0.1, -0.05) is 26.7 Å². The summed E-state index contributed by atoms with van der Waals surface area (Å²) in [5, 5.41) is 0. The summed E-state index contributed by atoms with van der Waals surface area (Å²) in [4.78, 5) is 4.34. The fourth-order valence-electron chi connectivity index (χ4n) is 3.85. The highest BCUT2D eigenvalue weighted by atomic mass is 16.5. The molecule has 1 saturated carbocycles. The van der Waals surface area contributed by atoms with Crippen LogP contribution < -0.4 is 0 Å².